The molecule has 19 heavy (non-hydrogen) atoms. The summed E-state index contributed by atoms with van der Waals surface area (Å²) in [5.74, 6) is 1.28. The van der Waals surface area contributed by atoms with Crippen molar-refractivity contribution in [2.24, 2.45) is 7.05 Å². The molecular formula is C14H14N2O3. The van der Waals surface area contributed by atoms with Gasteiger partial charge in [0.05, 0.1) is 12.1 Å². The van der Waals surface area contributed by atoms with Gasteiger partial charge in [0.2, 0.25) is 0 Å². The predicted molar refractivity (Wildman–Crippen MR) is 68.3 cm³/mol. The van der Waals surface area contributed by atoms with Crippen molar-refractivity contribution in [3.05, 3.63) is 42.2 Å². The summed E-state index contributed by atoms with van der Waals surface area (Å²) in [7, 11) is 1.82. The summed E-state index contributed by atoms with van der Waals surface area (Å²) in [6, 6.07) is 9.19. The third-order valence-electron chi connectivity index (χ3n) is 2.99. The van der Waals surface area contributed by atoms with Crippen LogP contribution in [-0.2, 0) is 18.3 Å². The molecule has 5 heteroatoms. The smallest absolute Gasteiger partial charge is 0.191 e. The van der Waals surface area contributed by atoms with Gasteiger partial charge in [-0.25, -0.2) is 0 Å². The maximum atomic E-state index is 12.1. The van der Waals surface area contributed by atoms with Gasteiger partial charge in [-0.2, -0.15) is 5.10 Å². The van der Waals surface area contributed by atoms with Gasteiger partial charge in [0.25, 0.3) is 0 Å². The highest BCUT2D eigenvalue weighted by Gasteiger charge is 2.27. The maximum Gasteiger partial charge on any atom is 0.191 e. The molecule has 0 fully saturated rings. The standard InChI is InChI=1S/C14H14N2O3/c1-16-7-6-10(15-16)8-11(17)14-9-18-12-4-2-3-5-13(12)19-14/h2-7,14H,8-9H2,1H3. The lowest BCUT2D eigenvalue weighted by molar-refractivity contribution is -0.127. The fraction of sp³-hybridized carbons (Fsp3) is 0.286. The van der Waals surface area contributed by atoms with Crippen LogP contribution in [-0.4, -0.2) is 28.3 Å². The Hall–Kier alpha value is -2.30. The zero-order valence-electron chi connectivity index (χ0n) is 10.6. The monoisotopic (exact) mass is 258 g/mol. The summed E-state index contributed by atoms with van der Waals surface area (Å²) in [4.78, 5) is 12.1. The van der Waals surface area contributed by atoms with Gasteiger partial charge in [-0.05, 0) is 18.2 Å². The van der Waals surface area contributed by atoms with E-state index < -0.39 is 6.10 Å². The van der Waals surface area contributed by atoms with E-state index in [0.717, 1.165) is 5.69 Å². The molecule has 3 rings (SSSR count). The number of Topliss-reactive ketones (excluding diaryl/α,β-unsaturated/α-hetero) is 1. The summed E-state index contributed by atoms with van der Waals surface area (Å²) in [6.07, 6.45) is 1.52. The number of fused-ring (bicyclic) bond motifs is 1. The second-order valence-corrected chi connectivity index (χ2v) is 4.49. The number of para-hydroxylation sites is 2. The van der Waals surface area contributed by atoms with Gasteiger partial charge in [0.15, 0.2) is 23.4 Å². The number of carbonyl (C=O) groups excluding carboxylic acids is 1. The number of benzene rings is 1. The van der Waals surface area contributed by atoms with Crippen molar-refractivity contribution in [1.29, 1.82) is 0 Å². The number of nitrogens with zero attached hydrogens (tertiary/aromatic N) is 2. The quantitative estimate of drug-likeness (QED) is 0.834. The number of rotatable bonds is 3. The van der Waals surface area contributed by atoms with Crippen LogP contribution < -0.4 is 9.47 Å². The van der Waals surface area contributed by atoms with Gasteiger partial charge in [0.1, 0.15) is 6.61 Å². The summed E-state index contributed by atoms with van der Waals surface area (Å²) < 4.78 is 12.9. The second kappa shape index (κ2) is 4.76. The van der Waals surface area contributed by atoms with E-state index in [1.807, 2.05) is 37.5 Å². The molecule has 5 nitrogen and oxygen atoms in total. The molecule has 0 saturated heterocycles. The van der Waals surface area contributed by atoms with Crippen LogP contribution in [0.5, 0.6) is 11.5 Å². The highest BCUT2D eigenvalue weighted by molar-refractivity contribution is 5.85. The molecule has 0 radical (unpaired) electrons. The molecule has 1 aliphatic rings. The van der Waals surface area contributed by atoms with Crippen molar-refractivity contribution in [3.63, 3.8) is 0 Å². The Morgan fingerprint density at radius 1 is 1.37 bits per heavy atom. The minimum Gasteiger partial charge on any atom is -0.485 e. The fourth-order valence-corrected chi connectivity index (χ4v) is 2.03. The fourth-order valence-electron chi connectivity index (χ4n) is 2.03. The number of aromatic nitrogens is 2. The van der Waals surface area contributed by atoms with Crippen LogP contribution >= 0.6 is 0 Å². The molecular weight excluding hydrogens is 244 g/mol. The third-order valence-corrected chi connectivity index (χ3v) is 2.99. The van der Waals surface area contributed by atoms with Gasteiger partial charge >= 0.3 is 0 Å². The first kappa shape index (κ1) is 11.8. The van der Waals surface area contributed by atoms with Gasteiger partial charge in [-0.3, -0.25) is 9.48 Å². The molecule has 2 aromatic rings. The van der Waals surface area contributed by atoms with E-state index in [-0.39, 0.29) is 18.8 Å². The maximum absolute atomic E-state index is 12.1. The van der Waals surface area contributed by atoms with E-state index in [2.05, 4.69) is 5.10 Å². The Morgan fingerprint density at radius 2 is 2.16 bits per heavy atom. The summed E-state index contributed by atoms with van der Waals surface area (Å²) in [5.41, 5.74) is 0.745. The van der Waals surface area contributed by atoms with E-state index >= 15 is 0 Å². The molecule has 0 amide bonds. The minimum absolute atomic E-state index is 0.0202. The first-order valence-electron chi connectivity index (χ1n) is 6.12. The van der Waals surface area contributed by atoms with Crippen molar-refractivity contribution in [2.45, 2.75) is 12.5 Å². The lowest BCUT2D eigenvalue weighted by Gasteiger charge is -2.25. The SMILES string of the molecule is Cn1ccc(CC(=O)C2COc3ccccc3O2)n1. The molecule has 98 valence electrons. The van der Waals surface area contributed by atoms with Crippen LogP contribution in [0, 0.1) is 0 Å². The molecule has 1 aromatic heterocycles. The van der Waals surface area contributed by atoms with Crippen molar-refractivity contribution >= 4 is 5.78 Å². The molecule has 0 bridgehead atoms. The zero-order chi connectivity index (χ0) is 13.2. The molecule has 1 aromatic carbocycles. The normalized spacial score (nSPS) is 17.2. The van der Waals surface area contributed by atoms with Crippen LogP contribution in [0.15, 0.2) is 36.5 Å². The van der Waals surface area contributed by atoms with Crippen LogP contribution in [0.25, 0.3) is 0 Å². The Balaban J connectivity index is 1.69. The summed E-state index contributed by atoms with van der Waals surface area (Å²) in [5, 5.41) is 4.19. The summed E-state index contributed by atoms with van der Waals surface area (Å²) in [6.45, 7) is 0.253. The number of ketones is 1. The number of ether oxygens (including phenoxy) is 2. The minimum atomic E-state index is -0.558. The average Bonchev–Trinajstić information content (AvgIpc) is 2.83. The lowest BCUT2D eigenvalue weighted by Crippen LogP contribution is -2.37. The van der Waals surface area contributed by atoms with Crippen molar-refractivity contribution in [3.8, 4) is 11.5 Å². The van der Waals surface area contributed by atoms with E-state index in [1.54, 1.807) is 10.7 Å². The molecule has 1 aliphatic heterocycles. The highest BCUT2D eigenvalue weighted by atomic mass is 16.6. The van der Waals surface area contributed by atoms with Crippen LogP contribution in [0.3, 0.4) is 0 Å². The van der Waals surface area contributed by atoms with Crippen LogP contribution in [0.2, 0.25) is 0 Å². The van der Waals surface area contributed by atoms with E-state index in [4.69, 9.17) is 9.47 Å². The molecule has 1 atom stereocenters. The van der Waals surface area contributed by atoms with Gasteiger partial charge in [-0.1, -0.05) is 12.1 Å². The Labute approximate surface area is 110 Å². The lowest BCUT2D eigenvalue weighted by atomic mass is 10.1. The third kappa shape index (κ3) is 2.45. The van der Waals surface area contributed by atoms with E-state index in [0.29, 0.717) is 11.5 Å². The van der Waals surface area contributed by atoms with Crippen molar-refractivity contribution < 1.29 is 14.3 Å². The Kier molecular flexibility index (Phi) is 2.95. The molecule has 0 N–H and O–H groups in total. The van der Waals surface area contributed by atoms with E-state index in [9.17, 15) is 4.79 Å². The first-order chi connectivity index (χ1) is 9.22. The van der Waals surface area contributed by atoms with Gasteiger partial charge in [-0.15, -0.1) is 0 Å². The Morgan fingerprint density at radius 3 is 2.89 bits per heavy atom. The molecule has 1 unspecified atom stereocenters. The number of hydrogen-bond donors (Lipinski definition) is 0. The van der Waals surface area contributed by atoms with Crippen molar-refractivity contribution in [1.82, 2.24) is 9.78 Å². The molecule has 0 spiro atoms. The summed E-state index contributed by atoms with van der Waals surface area (Å²) >= 11 is 0. The zero-order valence-corrected chi connectivity index (χ0v) is 10.6. The average molecular weight is 258 g/mol. The molecule has 2 heterocycles. The largest absolute Gasteiger partial charge is 0.485 e. The molecule has 0 saturated carbocycles. The molecule has 0 aliphatic carbocycles. The highest BCUT2D eigenvalue weighted by Crippen LogP contribution is 2.31. The van der Waals surface area contributed by atoms with Gasteiger partial charge in [0, 0.05) is 13.2 Å². The Bertz CT molecular complexity index is 606. The van der Waals surface area contributed by atoms with Gasteiger partial charge < -0.3 is 9.47 Å². The van der Waals surface area contributed by atoms with Crippen LogP contribution in [0.4, 0.5) is 0 Å². The number of hydrogen-bond acceptors (Lipinski definition) is 4. The first-order valence-corrected chi connectivity index (χ1v) is 6.12. The number of carbonyl (C=O) groups is 1. The number of aryl methyl sites for hydroxylation is 1. The van der Waals surface area contributed by atoms with E-state index in [1.165, 1.54) is 0 Å². The van der Waals surface area contributed by atoms with Crippen molar-refractivity contribution in [2.75, 3.05) is 6.61 Å². The second-order valence-electron chi connectivity index (χ2n) is 4.49. The predicted octanol–water partition coefficient (Wildman–Crippen LogP) is 1.37. The van der Waals surface area contributed by atoms with Crippen LogP contribution in [0.1, 0.15) is 5.69 Å². The topological polar surface area (TPSA) is 53.4 Å².